The molecule has 2 N–H and O–H groups in total. The Kier molecular flexibility index (Phi) is 15.9. The van der Waals surface area contributed by atoms with Crippen molar-refractivity contribution in [3.63, 3.8) is 0 Å². The molecule has 0 aliphatic rings. The number of ether oxygens (including phenoxy) is 4. The van der Waals surface area contributed by atoms with Gasteiger partial charge in [0.15, 0.2) is 0 Å². The van der Waals surface area contributed by atoms with Crippen molar-refractivity contribution in [2.45, 2.75) is 6.92 Å². The van der Waals surface area contributed by atoms with Crippen LogP contribution in [0.2, 0.25) is 0 Å². The second-order valence-corrected chi connectivity index (χ2v) is 4.89. The van der Waals surface area contributed by atoms with Crippen LogP contribution < -0.4 is 10.6 Å². The SMILES string of the molecule is C=C(C)C(=O)OCCNC(=O)NCCOCCOCCOCCN=[N+]=[N-]. The van der Waals surface area contributed by atoms with E-state index in [1.165, 1.54) is 0 Å². The Labute approximate surface area is 152 Å². The third-order valence-corrected chi connectivity index (χ3v) is 2.64. The maximum atomic E-state index is 11.4. The summed E-state index contributed by atoms with van der Waals surface area (Å²) in [5.74, 6) is -0.484. The van der Waals surface area contributed by atoms with Gasteiger partial charge in [0.25, 0.3) is 0 Å². The van der Waals surface area contributed by atoms with E-state index in [9.17, 15) is 9.59 Å². The first-order valence-electron chi connectivity index (χ1n) is 8.16. The molecule has 0 spiro atoms. The van der Waals surface area contributed by atoms with Crippen LogP contribution in [0.4, 0.5) is 4.79 Å². The lowest BCUT2D eigenvalue weighted by molar-refractivity contribution is -0.138. The zero-order valence-corrected chi connectivity index (χ0v) is 15.1. The van der Waals surface area contributed by atoms with E-state index in [4.69, 9.17) is 24.5 Å². The largest absolute Gasteiger partial charge is 0.460 e. The first-order chi connectivity index (χ1) is 12.6. The zero-order chi connectivity index (χ0) is 19.5. The molecule has 11 nitrogen and oxygen atoms in total. The second kappa shape index (κ2) is 17.5. The molecule has 0 atom stereocenters. The molecular formula is C15H27N5O6. The van der Waals surface area contributed by atoms with Crippen LogP contribution in [0.5, 0.6) is 0 Å². The summed E-state index contributed by atoms with van der Waals surface area (Å²) in [6.45, 7) is 8.34. The van der Waals surface area contributed by atoms with Crippen LogP contribution in [0.1, 0.15) is 6.92 Å². The molecular weight excluding hydrogens is 346 g/mol. The van der Waals surface area contributed by atoms with Crippen molar-refractivity contribution in [3.05, 3.63) is 22.6 Å². The zero-order valence-electron chi connectivity index (χ0n) is 15.1. The van der Waals surface area contributed by atoms with Gasteiger partial charge in [-0.1, -0.05) is 11.7 Å². The fourth-order valence-electron chi connectivity index (χ4n) is 1.42. The quantitative estimate of drug-likeness (QED) is 0.102. The number of urea groups is 1. The highest BCUT2D eigenvalue weighted by Gasteiger charge is 2.03. The Bertz CT molecular complexity index is 467. The number of nitrogens with one attached hydrogen (secondary N) is 2. The van der Waals surface area contributed by atoms with E-state index in [0.717, 1.165) is 0 Å². The number of azide groups is 1. The Morgan fingerprint density at radius 1 is 0.962 bits per heavy atom. The van der Waals surface area contributed by atoms with E-state index in [2.05, 4.69) is 27.2 Å². The van der Waals surface area contributed by atoms with Gasteiger partial charge in [0.2, 0.25) is 0 Å². The number of amides is 2. The molecule has 0 rings (SSSR count). The lowest BCUT2D eigenvalue weighted by Crippen LogP contribution is -2.39. The Hall–Kier alpha value is -2.33. The van der Waals surface area contributed by atoms with Crippen LogP contribution in [-0.4, -0.2) is 77.9 Å². The molecule has 0 aromatic rings. The van der Waals surface area contributed by atoms with Gasteiger partial charge < -0.3 is 29.6 Å². The van der Waals surface area contributed by atoms with E-state index < -0.39 is 5.97 Å². The Morgan fingerprint density at radius 2 is 1.50 bits per heavy atom. The summed E-state index contributed by atoms with van der Waals surface area (Å²) in [5.41, 5.74) is 8.37. The Balaban J connectivity index is 3.26. The summed E-state index contributed by atoms with van der Waals surface area (Å²) in [6, 6.07) is -0.367. The summed E-state index contributed by atoms with van der Waals surface area (Å²) < 4.78 is 20.5. The molecule has 0 saturated heterocycles. The van der Waals surface area contributed by atoms with Crippen molar-refractivity contribution >= 4 is 12.0 Å². The van der Waals surface area contributed by atoms with Gasteiger partial charge >= 0.3 is 12.0 Å². The monoisotopic (exact) mass is 373 g/mol. The maximum absolute atomic E-state index is 11.4. The van der Waals surface area contributed by atoms with Crippen LogP contribution in [0.3, 0.4) is 0 Å². The molecule has 2 amide bonds. The molecule has 0 saturated carbocycles. The van der Waals surface area contributed by atoms with Crippen LogP contribution in [0.25, 0.3) is 10.4 Å². The van der Waals surface area contributed by atoms with Crippen molar-refractivity contribution in [2.75, 3.05) is 65.9 Å². The van der Waals surface area contributed by atoms with Gasteiger partial charge in [-0.25, -0.2) is 9.59 Å². The first kappa shape index (κ1) is 23.7. The Morgan fingerprint density at radius 3 is 2.08 bits per heavy atom. The van der Waals surface area contributed by atoms with Crippen molar-refractivity contribution in [1.29, 1.82) is 0 Å². The minimum Gasteiger partial charge on any atom is -0.460 e. The van der Waals surface area contributed by atoms with Crippen molar-refractivity contribution < 1.29 is 28.5 Å². The predicted octanol–water partition coefficient (Wildman–Crippen LogP) is 0.765. The highest BCUT2D eigenvalue weighted by atomic mass is 16.5. The van der Waals surface area contributed by atoms with E-state index in [-0.39, 0.29) is 19.2 Å². The van der Waals surface area contributed by atoms with E-state index >= 15 is 0 Å². The third kappa shape index (κ3) is 16.5. The normalized spacial score (nSPS) is 9.88. The lowest BCUT2D eigenvalue weighted by atomic mass is 10.4. The molecule has 0 heterocycles. The maximum Gasteiger partial charge on any atom is 0.333 e. The molecule has 0 aliphatic heterocycles. The number of esters is 1. The fourth-order valence-corrected chi connectivity index (χ4v) is 1.42. The highest BCUT2D eigenvalue weighted by molar-refractivity contribution is 5.86. The van der Waals surface area contributed by atoms with Gasteiger partial charge in [-0.15, -0.1) is 0 Å². The van der Waals surface area contributed by atoms with Crippen LogP contribution >= 0.6 is 0 Å². The molecule has 0 aromatic heterocycles. The standard InChI is InChI=1S/C15H27N5O6/c1-13(2)14(21)26-8-4-18-15(22)17-3-6-23-9-11-25-12-10-24-7-5-19-20-16/h1,3-12H2,2H3,(H2,17,18,22). The molecule has 0 fully saturated rings. The summed E-state index contributed by atoms with van der Waals surface area (Å²) in [7, 11) is 0. The van der Waals surface area contributed by atoms with Crippen molar-refractivity contribution in [2.24, 2.45) is 5.11 Å². The molecule has 0 bridgehead atoms. The van der Waals surface area contributed by atoms with Crippen molar-refractivity contribution in [1.82, 2.24) is 10.6 Å². The van der Waals surface area contributed by atoms with E-state index in [1.807, 2.05) is 0 Å². The summed E-state index contributed by atoms with van der Waals surface area (Å²) in [6.07, 6.45) is 0. The fraction of sp³-hybridized carbons (Fsp3) is 0.733. The molecule has 0 aromatic carbocycles. The molecule has 0 unspecified atom stereocenters. The molecule has 26 heavy (non-hydrogen) atoms. The smallest absolute Gasteiger partial charge is 0.333 e. The van der Waals surface area contributed by atoms with E-state index in [0.29, 0.717) is 58.3 Å². The summed E-state index contributed by atoms with van der Waals surface area (Å²) in [4.78, 5) is 25.1. The van der Waals surface area contributed by atoms with Crippen LogP contribution in [0, 0.1) is 0 Å². The number of carbonyl (C=O) groups excluding carboxylic acids is 2. The number of nitrogens with zero attached hydrogens (tertiary/aromatic N) is 3. The van der Waals surface area contributed by atoms with Gasteiger partial charge in [-0.3, -0.25) is 0 Å². The highest BCUT2D eigenvalue weighted by Crippen LogP contribution is 1.90. The van der Waals surface area contributed by atoms with E-state index in [1.54, 1.807) is 6.92 Å². The number of hydrogen-bond acceptors (Lipinski definition) is 7. The minimum absolute atomic E-state index is 0.0855. The van der Waals surface area contributed by atoms with Gasteiger partial charge in [-0.05, 0) is 12.5 Å². The minimum atomic E-state index is -0.484. The van der Waals surface area contributed by atoms with Crippen molar-refractivity contribution in [3.8, 4) is 0 Å². The lowest BCUT2D eigenvalue weighted by Gasteiger charge is -2.09. The van der Waals surface area contributed by atoms with Crippen LogP contribution in [-0.2, 0) is 23.7 Å². The summed E-state index contributed by atoms with van der Waals surface area (Å²) >= 11 is 0. The average molecular weight is 373 g/mol. The number of hydrogen-bond donors (Lipinski definition) is 2. The second-order valence-electron chi connectivity index (χ2n) is 4.89. The third-order valence-electron chi connectivity index (χ3n) is 2.64. The summed E-state index contributed by atoms with van der Waals surface area (Å²) in [5, 5.41) is 8.48. The average Bonchev–Trinajstić information content (AvgIpc) is 2.62. The molecule has 148 valence electrons. The topological polar surface area (TPSA) is 144 Å². The van der Waals surface area contributed by atoms with Gasteiger partial charge in [-0.2, -0.15) is 0 Å². The van der Waals surface area contributed by atoms with Crippen LogP contribution in [0.15, 0.2) is 17.3 Å². The predicted molar refractivity (Wildman–Crippen MR) is 93.6 cm³/mol. The van der Waals surface area contributed by atoms with Gasteiger partial charge in [0.1, 0.15) is 6.61 Å². The molecule has 11 heteroatoms. The molecule has 0 radical (unpaired) electrons. The first-order valence-corrected chi connectivity index (χ1v) is 8.16. The van der Waals surface area contributed by atoms with Gasteiger partial charge in [0, 0.05) is 23.6 Å². The molecule has 0 aliphatic carbocycles. The van der Waals surface area contributed by atoms with Gasteiger partial charge in [0.05, 0.1) is 46.2 Å². The number of rotatable bonds is 16. The number of carbonyl (C=O) groups is 2.